The van der Waals surface area contributed by atoms with Gasteiger partial charge in [0.25, 0.3) is 0 Å². The van der Waals surface area contributed by atoms with Crippen LogP contribution in [0.4, 0.5) is 0 Å². The van der Waals surface area contributed by atoms with E-state index in [2.05, 4.69) is 11.1 Å². The van der Waals surface area contributed by atoms with Crippen LogP contribution < -0.4 is 0 Å². The van der Waals surface area contributed by atoms with Gasteiger partial charge >= 0.3 is 0 Å². The van der Waals surface area contributed by atoms with E-state index in [1.165, 1.54) is 0 Å². The van der Waals surface area contributed by atoms with Gasteiger partial charge in [0.05, 0.1) is 11.6 Å². The minimum atomic E-state index is 0.0262. The molecule has 0 saturated carbocycles. The number of ketones is 1. The molecular formula is C18H14N2O. The fourth-order valence-electron chi connectivity index (χ4n) is 2.57. The van der Waals surface area contributed by atoms with Crippen LogP contribution in [-0.2, 0) is 6.42 Å². The summed E-state index contributed by atoms with van der Waals surface area (Å²) in [5.74, 6) is 0.0262. The minimum absolute atomic E-state index is 0.0262. The number of nitriles is 1. The normalized spacial score (nSPS) is 10.5. The molecule has 0 spiro atoms. The van der Waals surface area contributed by atoms with E-state index in [0.29, 0.717) is 17.5 Å². The molecule has 0 aliphatic heterocycles. The van der Waals surface area contributed by atoms with Gasteiger partial charge in [0, 0.05) is 29.1 Å². The Morgan fingerprint density at radius 3 is 2.76 bits per heavy atom. The standard InChI is InChI=1S/C18H14N2O/c1-12-5-2-3-6-13(12)9-17(21)15-11-20-16-8-4-7-14(10-19)18(15)16/h2-8,11,20H,9H2,1H3. The number of H-pyrrole nitrogens is 1. The van der Waals surface area contributed by atoms with Crippen LogP contribution in [0.5, 0.6) is 0 Å². The van der Waals surface area contributed by atoms with Gasteiger partial charge in [0.1, 0.15) is 0 Å². The number of Topliss-reactive ketones (excluding diaryl/α,β-unsaturated/α-hetero) is 1. The van der Waals surface area contributed by atoms with E-state index in [0.717, 1.165) is 22.0 Å². The van der Waals surface area contributed by atoms with Gasteiger partial charge in [-0.05, 0) is 30.2 Å². The van der Waals surface area contributed by atoms with Crippen LogP contribution >= 0.6 is 0 Å². The van der Waals surface area contributed by atoms with Crippen molar-refractivity contribution in [3.63, 3.8) is 0 Å². The summed E-state index contributed by atoms with van der Waals surface area (Å²) in [6, 6.07) is 15.4. The lowest BCUT2D eigenvalue weighted by Crippen LogP contribution is -2.04. The molecule has 3 rings (SSSR count). The number of carbonyl (C=O) groups excluding carboxylic acids is 1. The van der Waals surface area contributed by atoms with Crippen molar-refractivity contribution in [2.75, 3.05) is 0 Å². The summed E-state index contributed by atoms with van der Waals surface area (Å²) in [7, 11) is 0. The Bertz CT molecular complexity index is 868. The molecule has 0 radical (unpaired) electrons. The monoisotopic (exact) mass is 274 g/mol. The smallest absolute Gasteiger partial charge is 0.169 e. The summed E-state index contributed by atoms with van der Waals surface area (Å²) in [4.78, 5) is 15.7. The predicted octanol–water partition coefficient (Wildman–Crippen LogP) is 3.77. The average Bonchev–Trinajstić information content (AvgIpc) is 2.93. The van der Waals surface area contributed by atoms with Crippen LogP contribution in [0.1, 0.15) is 27.0 Å². The van der Waals surface area contributed by atoms with Gasteiger partial charge in [0.2, 0.25) is 0 Å². The second kappa shape index (κ2) is 5.26. The second-order valence-electron chi connectivity index (χ2n) is 5.07. The van der Waals surface area contributed by atoms with E-state index < -0.39 is 0 Å². The summed E-state index contributed by atoms with van der Waals surface area (Å²) in [5.41, 5.74) is 4.06. The molecule has 0 fully saturated rings. The Balaban J connectivity index is 2.03. The number of aromatic nitrogens is 1. The van der Waals surface area contributed by atoms with Crippen LogP contribution in [0.25, 0.3) is 10.9 Å². The molecule has 1 N–H and O–H groups in total. The third-order valence-corrected chi connectivity index (χ3v) is 3.74. The quantitative estimate of drug-likeness (QED) is 0.739. The number of hydrogen-bond acceptors (Lipinski definition) is 2. The van der Waals surface area contributed by atoms with E-state index in [1.807, 2.05) is 43.3 Å². The Morgan fingerprint density at radius 2 is 2.00 bits per heavy atom. The van der Waals surface area contributed by atoms with Gasteiger partial charge in [-0.3, -0.25) is 4.79 Å². The molecule has 0 unspecified atom stereocenters. The van der Waals surface area contributed by atoms with Gasteiger partial charge < -0.3 is 4.98 Å². The molecule has 21 heavy (non-hydrogen) atoms. The lowest BCUT2D eigenvalue weighted by atomic mass is 9.98. The number of rotatable bonds is 3. The number of benzene rings is 2. The van der Waals surface area contributed by atoms with Crippen molar-refractivity contribution in [2.24, 2.45) is 0 Å². The van der Waals surface area contributed by atoms with Gasteiger partial charge in [-0.2, -0.15) is 5.26 Å². The molecule has 2 aromatic carbocycles. The summed E-state index contributed by atoms with van der Waals surface area (Å²) in [6.45, 7) is 2.00. The zero-order valence-electron chi connectivity index (χ0n) is 11.7. The lowest BCUT2D eigenvalue weighted by Gasteiger charge is -2.04. The zero-order valence-corrected chi connectivity index (χ0v) is 11.7. The predicted molar refractivity (Wildman–Crippen MR) is 82.2 cm³/mol. The SMILES string of the molecule is Cc1ccccc1CC(=O)c1c[nH]c2cccc(C#N)c12. The first-order valence-electron chi connectivity index (χ1n) is 6.78. The number of nitrogens with one attached hydrogen (secondary N) is 1. The van der Waals surface area contributed by atoms with E-state index in [-0.39, 0.29) is 5.78 Å². The van der Waals surface area contributed by atoms with Crippen LogP contribution in [0.15, 0.2) is 48.7 Å². The highest BCUT2D eigenvalue weighted by molar-refractivity contribution is 6.10. The van der Waals surface area contributed by atoms with Gasteiger partial charge in [-0.25, -0.2) is 0 Å². The fourth-order valence-corrected chi connectivity index (χ4v) is 2.57. The van der Waals surface area contributed by atoms with E-state index in [1.54, 1.807) is 12.3 Å². The number of fused-ring (bicyclic) bond motifs is 1. The Hall–Kier alpha value is -2.86. The van der Waals surface area contributed by atoms with Crippen molar-refractivity contribution in [2.45, 2.75) is 13.3 Å². The maximum absolute atomic E-state index is 12.6. The first kappa shape index (κ1) is 13.1. The molecular weight excluding hydrogens is 260 g/mol. The molecule has 0 bridgehead atoms. The summed E-state index contributed by atoms with van der Waals surface area (Å²) >= 11 is 0. The van der Waals surface area contributed by atoms with Crippen molar-refractivity contribution >= 4 is 16.7 Å². The number of carbonyl (C=O) groups is 1. The first-order chi connectivity index (χ1) is 10.2. The van der Waals surface area contributed by atoms with Gasteiger partial charge in [-0.15, -0.1) is 0 Å². The maximum Gasteiger partial charge on any atom is 0.169 e. The van der Waals surface area contributed by atoms with Crippen molar-refractivity contribution in [1.29, 1.82) is 5.26 Å². The molecule has 1 heterocycles. The molecule has 0 amide bonds. The average molecular weight is 274 g/mol. The molecule has 1 aromatic heterocycles. The number of aryl methyl sites for hydroxylation is 1. The Morgan fingerprint density at radius 1 is 1.19 bits per heavy atom. The maximum atomic E-state index is 12.6. The summed E-state index contributed by atoms with van der Waals surface area (Å²) < 4.78 is 0. The van der Waals surface area contributed by atoms with E-state index >= 15 is 0 Å². The fraction of sp³-hybridized carbons (Fsp3) is 0.111. The molecule has 0 aliphatic carbocycles. The molecule has 3 heteroatoms. The van der Waals surface area contributed by atoms with E-state index in [4.69, 9.17) is 0 Å². The first-order valence-corrected chi connectivity index (χ1v) is 6.78. The van der Waals surface area contributed by atoms with Crippen molar-refractivity contribution in [3.05, 3.63) is 70.9 Å². The molecule has 0 saturated heterocycles. The van der Waals surface area contributed by atoms with Crippen molar-refractivity contribution < 1.29 is 4.79 Å². The van der Waals surface area contributed by atoms with Gasteiger partial charge in [-0.1, -0.05) is 30.3 Å². The molecule has 3 aromatic rings. The highest BCUT2D eigenvalue weighted by Gasteiger charge is 2.16. The highest BCUT2D eigenvalue weighted by atomic mass is 16.1. The Labute approximate surface area is 122 Å². The van der Waals surface area contributed by atoms with Crippen LogP contribution in [0.3, 0.4) is 0 Å². The van der Waals surface area contributed by atoms with Crippen LogP contribution in [-0.4, -0.2) is 10.8 Å². The molecule has 102 valence electrons. The zero-order chi connectivity index (χ0) is 14.8. The number of aromatic amines is 1. The summed E-state index contributed by atoms with van der Waals surface area (Å²) in [6.07, 6.45) is 2.05. The van der Waals surface area contributed by atoms with Crippen molar-refractivity contribution in [1.82, 2.24) is 4.98 Å². The topological polar surface area (TPSA) is 56.6 Å². The number of nitrogens with zero attached hydrogens (tertiary/aromatic N) is 1. The Kier molecular flexibility index (Phi) is 3.29. The molecule has 0 atom stereocenters. The molecule has 3 nitrogen and oxygen atoms in total. The van der Waals surface area contributed by atoms with Crippen molar-refractivity contribution in [3.8, 4) is 6.07 Å². The minimum Gasteiger partial charge on any atom is -0.360 e. The van der Waals surface area contributed by atoms with Crippen LogP contribution in [0.2, 0.25) is 0 Å². The van der Waals surface area contributed by atoms with Gasteiger partial charge in [0.15, 0.2) is 5.78 Å². The summed E-state index contributed by atoms with van der Waals surface area (Å²) in [5, 5.41) is 9.94. The second-order valence-corrected chi connectivity index (χ2v) is 5.07. The van der Waals surface area contributed by atoms with E-state index in [9.17, 15) is 10.1 Å². The largest absolute Gasteiger partial charge is 0.360 e. The third kappa shape index (κ3) is 2.32. The number of hydrogen-bond donors (Lipinski definition) is 1. The third-order valence-electron chi connectivity index (χ3n) is 3.74. The lowest BCUT2D eigenvalue weighted by molar-refractivity contribution is 0.0994. The van der Waals surface area contributed by atoms with Crippen LogP contribution in [0, 0.1) is 18.3 Å². The molecule has 0 aliphatic rings. The highest BCUT2D eigenvalue weighted by Crippen LogP contribution is 2.24.